The van der Waals surface area contributed by atoms with Crippen molar-refractivity contribution < 1.29 is 32.9 Å². The number of hydrogen-bond acceptors (Lipinski definition) is 8. The van der Waals surface area contributed by atoms with Gasteiger partial charge in [-0.3, -0.25) is 4.90 Å². The molecule has 4 rings (SSSR count). The van der Waals surface area contributed by atoms with E-state index in [9.17, 15) is 23.5 Å². The number of likely N-dealkylation sites (tertiary alicyclic amines) is 1. The molecule has 9 nitrogen and oxygen atoms in total. The highest BCUT2D eigenvalue weighted by atomic mass is 19.4. The van der Waals surface area contributed by atoms with Crippen LogP contribution in [0.1, 0.15) is 41.5 Å². The molecule has 0 atom stereocenters. The standard InChI is InChI=1S/C19H21N5O2.C2HF3O2/c20-9-14-15(21)13-8-11-4-5-12(10-24-6-2-1-3-7-24)16(25)17(11)26-19(13)23-18(14)22;3-2(4,5)1(6)7/h4-5,25H,1-3,6-8,10H2,(H4,21,22,23);(H,6,7). The number of phenols is 1. The van der Waals surface area contributed by atoms with Crippen molar-refractivity contribution >= 4 is 17.5 Å². The van der Waals surface area contributed by atoms with Gasteiger partial charge < -0.3 is 26.4 Å². The maximum absolute atomic E-state index is 10.7. The van der Waals surface area contributed by atoms with E-state index in [2.05, 4.69) is 9.88 Å². The Hall–Kier alpha value is -3.72. The van der Waals surface area contributed by atoms with Crippen molar-refractivity contribution in [2.24, 2.45) is 0 Å². The van der Waals surface area contributed by atoms with Crippen LogP contribution < -0.4 is 16.2 Å². The SMILES string of the molecule is N#Cc1c(N)nc2c(c1N)Cc1ccc(CN3CCCCC3)c(O)c1O2.O=C(O)C(F)(F)F. The van der Waals surface area contributed by atoms with E-state index in [0.717, 1.165) is 24.2 Å². The highest BCUT2D eigenvalue weighted by molar-refractivity contribution is 5.73. The summed E-state index contributed by atoms with van der Waals surface area (Å²) in [6.07, 6.45) is -0.986. The molecule has 1 aromatic carbocycles. The van der Waals surface area contributed by atoms with Gasteiger partial charge in [0.25, 0.3) is 0 Å². The molecule has 0 aliphatic carbocycles. The van der Waals surface area contributed by atoms with Crippen molar-refractivity contribution in [3.63, 3.8) is 0 Å². The fraction of sp³-hybridized carbons (Fsp3) is 0.381. The quantitative estimate of drug-likeness (QED) is 0.446. The Balaban J connectivity index is 0.000000383. The molecule has 1 fully saturated rings. The van der Waals surface area contributed by atoms with Crippen LogP contribution in [-0.4, -0.2) is 45.3 Å². The Morgan fingerprint density at radius 2 is 1.88 bits per heavy atom. The number of carbonyl (C=O) groups is 1. The molecule has 6 N–H and O–H groups in total. The normalized spacial score (nSPS) is 15.2. The molecular formula is C21H22F3N5O4. The lowest BCUT2D eigenvalue weighted by molar-refractivity contribution is -0.192. The second kappa shape index (κ2) is 9.41. The zero-order valence-electron chi connectivity index (χ0n) is 17.4. The van der Waals surface area contributed by atoms with E-state index in [1.807, 2.05) is 18.2 Å². The van der Waals surface area contributed by atoms with Crippen LogP contribution in [-0.2, 0) is 17.8 Å². The molecule has 0 unspecified atom stereocenters. The lowest BCUT2D eigenvalue weighted by Gasteiger charge is -2.28. The number of nitriles is 1. The Bertz CT molecular complexity index is 1110. The maximum Gasteiger partial charge on any atom is 0.490 e. The number of nitrogens with two attached hydrogens (primary N) is 2. The van der Waals surface area contributed by atoms with Crippen LogP contribution in [0, 0.1) is 11.3 Å². The summed E-state index contributed by atoms with van der Waals surface area (Å²) in [6.45, 7) is 2.79. The zero-order valence-corrected chi connectivity index (χ0v) is 17.4. The molecule has 0 radical (unpaired) electrons. The van der Waals surface area contributed by atoms with Crippen molar-refractivity contribution in [2.75, 3.05) is 24.6 Å². The summed E-state index contributed by atoms with van der Waals surface area (Å²) in [5, 5.41) is 27.1. The predicted octanol–water partition coefficient (Wildman–Crippen LogP) is 3.14. The minimum atomic E-state index is -5.08. The number of nitrogen functional groups attached to an aromatic ring is 2. The third-order valence-electron chi connectivity index (χ3n) is 5.39. The molecule has 1 saturated heterocycles. The van der Waals surface area contributed by atoms with Crippen molar-refractivity contribution in [2.45, 2.75) is 38.4 Å². The van der Waals surface area contributed by atoms with E-state index in [1.54, 1.807) is 0 Å². The van der Waals surface area contributed by atoms with Crippen molar-refractivity contribution in [3.05, 3.63) is 34.4 Å². The number of anilines is 2. The Labute approximate surface area is 187 Å². The van der Waals surface area contributed by atoms with Gasteiger partial charge in [-0.2, -0.15) is 23.4 Å². The predicted molar refractivity (Wildman–Crippen MR) is 112 cm³/mol. The Morgan fingerprint density at radius 1 is 1.24 bits per heavy atom. The summed E-state index contributed by atoms with van der Waals surface area (Å²) in [5.41, 5.74) is 14.6. The molecule has 0 amide bonds. The number of aromatic nitrogens is 1. The molecule has 1 aromatic heterocycles. The topological polar surface area (TPSA) is 159 Å². The van der Waals surface area contributed by atoms with Crippen LogP contribution in [0.4, 0.5) is 24.7 Å². The molecule has 0 saturated carbocycles. The lowest BCUT2D eigenvalue weighted by atomic mass is 9.97. The molecule has 2 aliphatic heterocycles. The minimum Gasteiger partial charge on any atom is -0.504 e. The van der Waals surface area contributed by atoms with Gasteiger partial charge >= 0.3 is 12.1 Å². The fourth-order valence-electron chi connectivity index (χ4n) is 3.69. The summed E-state index contributed by atoms with van der Waals surface area (Å²) in [4.78, 5) is 15.4. The first-order valence-electron chi connectivity index (χ1n) is 10.0. The first-order chi connectivity index (χ1) is 15.5. The number of rotatable bonds is 2. The number of carboxylic acids is 1. The smallest absolute Gasteiger partial charge is 0.490 e. The molecule has 0 bridgehead atoms. The van der Waals surface area contributed by atoms with Crippen LogP contribution in [0.5, 0.6) is 17.4 Å². The number of nitrogens with zero attached hydrogens (tertiary/aromatic N) is 3. The largest absolute Gasteiger partial charge is 0.504 e. The monoisotopic (exact) mass is 465 g/mol. The number of halogens is 3. The number of pyridine rings is 1. The van der Waals surface area contributed by atoms with Crippen molar-refractivity contribution in [3.8, 4) is 23.4 Å². The van der Waals surface area contributed by atoms with E-state index in [-0.39, 0.29) is 28.7 Å². The number of aromatic hydroxyl groups is 1. The number of alkyl halides is 3. The molecule has 3 heterocycles. The summed E-state index contributed by atoms with van der Waals surface area (Å²) < 4.78 is 37.6. The highest BCUT2D eigenvalue weighted by Gasteiger charge is 2.38. The lowest BCUT2D eigenvalue weighted by Crippen LogP contribution is -2.29. The number of aliphatic carboxylic acids is 1. The second-order valence-electron chi connectivity index (χ2n) is 7.66. The summed E-state index contributed by atoms with van der Waals surface area (Å²) in [5.74, 6) is -1.91. The average molecular weight is 465 g/mol. The van der Waals surface area contributed by atoms with Crippen LogP contribution in [0.15, 0.2) is 12.1 Å². The Kier molecular flexibility index (Phi) is 6.83. The van der Waals surface area contributed by atoms with Crippen LogP contribution >= 0.6 is 0 Å². The fourth-order valence-corrected chi connectivity index (χ4v) is 3.69. The van der Waals surface area contributed by atoms with E-state index >= 15 is 0 Å². The number of carboxylic acid groups (broad SMARTS) is 1. The highest BCUT2D eigenvalue weighted by Crippen LogP contribution is 2.45. The van der Waals surface area contributed by atoms with Gasteiger partial charge in [0.1, 0.15) is 17.5 Å². The summed E-state index contributed by atoms with van der Waals surface area (Å²) in [7, 11) is 0. The summed E-state index contributed by atoms with van der Waals surface area (Å²) >= 11 is 0. The van der Waals surface area contributed by atoms with Gasteiger partial charge in [-0.05, 0) is 25.9 Å². The minimum absolute atomic E-state index is 0.0381. The molecule has 176 valence electrons. The third-order valence-corrected chi connectivity index (χ3v) is 5.39. The maximum atomic E-state index is 10.7. The van der Waals surface area contributed by atoms with Crippen molar-refractivity contribution in [1.29, 1.82) is 5.26 Å². The zero-order chi connectivity index (χ0) is 24.3. The van der Waals surface area contributed by atoms with E-state index in [1.165, 1.54) is 19.3 Å². The number of benzene rings is 1. The molecule has 33 heavy (non-hydrogen) atoms. The number of hydrogen-bond donors (Lipinski definition) is 4. The number of fused-ring (bicyclic) bond motifs is 2. The molecule has 12 heteroatoms. The van der Waals surface area contributed by atoms with E-state index in [4.69, 9.17) is 26.1 Å². The number of ether oxygens (including phenoxy) is 1. The van der Waals surface area contributed by atoms with Gasteiger partial charge in [0, 0.05) is 29.7 Å². The Morgan fingerprint density at radius 3 is 2.45 bits per heavy atom. The van der Waals surface area contributed by atoms with Crippen molar-refractivity contribution in [1.82, 2.24) is 9.88 Å². The van der Waals surface area contributed by atoms with Crippen LogP contribution in [0.25, 0.3) is 0 Å². The molecule has 0 spiro atoms. The van der Waals surface area contributed by atoms with Gasteiger partial charge in [0.15, 0.2) is 11.5 Å². The summed E-state index contributed by atoms with van der Waals surface area (Å²) in [6, 6.07) is 5.86. The van der Waals surface area contributed by atoms with E-state index in [0.29, 0.717) is 24.3 Å². The van der Waals surface area contributed by atoms with Gasteiger partial charge in [0.2, 0.25) is 5.88 Å². The molecule has 2 aromatic rings. The first-order valence-corrected chi connectivity index (χ1v) is 10.0. The van der Waals surface area contributed by atoms with Gasteiger partial charge in [-0.15, -0.1) is 0 Å². The van der Waals surface area contributed by atoms with E-state index < -0.39 is 12.1 Å². The first kappa shape index (κ1) is 23.9. The third kappa shape index (κ3) is 5.20. The number of piperidine rings is 1. The van der Waals surface area contributed by atoms with Gasteiger partial charge in [-0.25, -0.2) is 4.79 Å². The molecule has 2 aliphatic rings. The average Bonchev–Trinajstić information content (AvgIpc) is 2.76. The van der Waals surface area contributed by atoms with Crippen LogP contribution in [0.2, 0.25) is 0 Å². The van der Waals surface area contributed by atoms with Crippen LogP contribution in [0.3, 0.4) is 0 Å². The molecular weight excluding hydrogens is 443 g/mol. The number of phenolic OH excluding ortho intramolecular Hbond substituents is 1. The van der Waals surface area contributed by atoms with Gasteiger partial charge in [-0.1, -0.05) is 18.6 Å². The second-order valence-corrected chi connectivity index (χ2v) is 7.66. The van der Waals surface area contributed by atoms with Gasteiger partial charge in [0.05, 0.1) is 5.69 Å².